The molecule has 0 aliphatic carbocycles. The van der Waals surface area contributed by atoms with E-state index in [1.165, 1.54) is 0 Å². The molecule has 1 unspecified atom stereocenters. The average molecular weight is 330 g/mol. The molecule has 1 saturated heterocycles. The van der Waals surface area contributed by atoms with Crippen molar-refractivity contribution in [2.75, 3.05) is 18.1 Å². The summed E-state index contributed by atoms with van der Waals surface area (Å²) < 4.78 is 0. The zero-order valence-electron chi connectivity index (χ0n) is 12.6. The summed E-state index contributed by atoms with van der Waals surface area (Å²) in [5, 5.41) is 10.0. The monoisotopic (exact) mass is 330 g/mol. The van der Waals surface area contributed by atoms with Crippen molar-refractivity contribution >= 4 is 34.5 Å². The quantitative estimate of drug-likeness (QED) is 0.930. The molecule has 0 saturated carbocycles. The molecule has 0 radical (unpaired) electrons. The highest BCUT2D eigenvalue weighted by Crippen LogP contribution is 2.22. The van der Waals surface area contributed by atoms with Crippen molar-refractivity contribution in [3.05, 3.63) is 42.1 Å². The lowest BCUT2D eigenvalue weighted by molar-refractivity contribution is -0.140. The molecule has 1 aromatic carbocycles. The maximum Gasteiger partial charge on any atom is 0.305 e. The van der Waals surface area contributed by atoms with Crippen LogP contribution in [0.2, 0.25) is 0 Å². The number of rotatable bonds is 4. The van der Waals surface area contributed by atoms with Crippen molar-refractivity contribution in [2.24, 2.45) is 0 Å². The minimum absolute atomic E-state index is 0.00648. The van der Waals surface area contributed by atoms with Crippen molar-refractivity contribution in [1.29, 1.82) is 0 Å². The zero-order valence-corrected chi connectivity index (χ0v) is 13.5. The van der Waals surface area contributed by atoms with Crippen LogP contribution in [0.5, 0.6) is 0 Å². The van der Waals surface area contributed by atoms with E-state index in [9.17, 15) is 9.59 Å². The van der Waals surface area contributed by atoms with Crippen LogP contribution in [-0.2, 0) is 16.0 Å². The molecule has 1 aromatic heterocycles. The predicted molar refractivity (Wildman–Crippen MR) is 90.5 cm³/mol. The maximum atomic E-state index is 12.7. The van der Waals surface area contributed by atoms with Gasteiger partial charge in [-0.2, -0.15) is 11.8 Å². The normalized spacial score (nSPS) is 18.1. The molecule has 2 aromatic rings. The fourth-order valence-corrected chi connectivity index (χ4v) is 3.99. The predicted octanol–water partition coefficient (Wildman–Crippen LogP) is 2.20. The maximum absolute atomic E-state index is 12.7. The van der Waals surface area contributed by atoms with Crippen molar-refractivity contribution < 1.29 is 14.7 Å². The van der Waals surface area contributed by atoms with Gasteiger partial charge in [-0.3, -0.25) is 14.6 Å². The van der Waals surface area contributed by atoms with Crippen molar-refractivity contribution in [3.63, 3.8) is 0 Å². The van der Waals surface area contributed by atoms with Gasteiger partial charge >= 0.3 is 5.97 Å². The number of carboxylic acid groups (broad SMARTS) is 1. The van der Waals surface area contributed by atoms with Gasteiger partial charge in [-0.05, 0) is 11.6 Å². The van der Waals surface area contributed by atoms with Gasteiger partial charge in [-0.15, -0.1) is 0 Å². The third-order valence-corrected chi connectivity index (χ3v) is 5.11. The number of thioether (sulfide) groups is 1. The summed E-state index contributed by atoms with van der Waals surface area (Å²) in [6, 6.07) is 9.44. The number of pyridine rings is 1. The molecule has 1 aliphatic heterocycles. The Balaban J connectivity index is 1.80. The summed E-state index contributed by atoms with van der Waals surface area (Å²) in [4.78, 5) is 29.8. The van der Waals surface area contributed by atoms with Crippen LogP contribution >= 0.6 is 11.8 Å². The highest BCUT2D eigenvalue weighted by atomic mass is 32.2. The topological polar surface area (TPSA) is 70.5 Å². The number of aromatic nitrogens is 1. The second-order valence-electron chi connectivity index (χ2n) is 5.58. The van der Waals surface area contributed by atoms with Crippen LogP contribution in [-0.4, -0.2) is 51.0 Å². The van der Waals surface area contributed by atoms with E-state index < -0.39 is 5.97 Å². The van der Waals surface area contributed by atoms with Crippen molar-refractivity contribution in [1.82, 2.24) is 9.88 Å². The fourth-order valence-electron chi connectivity index (χ4n) is 2.93. The Morgan fingerprint density at radius 2 is 2.13 bits per heavy atom. The van der Waals surface area contributed by atoms with E-state index >= 15 is 0 Å². The van der Waals surface area contributed by atoms with Gasteiger partial charge in [0.2, 0.25) is 5.91 Å². The summed E-state index contributed by atoms with van der Waals surface area (Å²) in [6.07, 6.45) is 1.99. The number of amides is 1. The highest BCUT2D eigenvalue weighted by Gasteiger charge is 2.29. The van der Waals surface area contributed by atoms with Crippen LogP contribution < -0.4 is 0 Å². The van der Waals surface area contributed by atoms with Crippen LogP contribution in [0.25, 0.3) is 10.9 Å². The van der Waals surface area contributed by atoms with Gasteiger partial charge in [0, 0.05) is 29.6 Å². The Labute approximate surface area is 138 Å². The van der Waals surface area contributed by atoms with Gasteiger partial charge in [0.1, 0.15) is 0 Å². The Bertz CT molecular complexity index is 729. The number of carbonyl (C=O) groups is 2. The second-order valence-corrected chi connectivity index (χ2v) is 6.73. The standard InChI is InChI=1S/C17H18N2O3S/c20-15(19-7-8-23-11-14(19)10-16(21)22)9-13-4-1-3-12-5-2-6-18-17(12)13/h1-6,14H,7-11H2,(H,21,22). The minimum Gasteiger partial charge on any atom is -0.481 e. The van der Waals surface area contributed by atoms with E-state index in [1.54, 1.807) is 22.9 Å². The first-order chi connectivity index (χ1) is 11.1. The molecule has 1 fully saturated rings. The molecule has 6 heteroatoms. The Morgan fingerprint density at radius 1 is 1.30 bits per heavy atom. The Kier molecular flexibility index (Phi) is 4.81. The van der Waals surface area contributed by atoms with Gasteiger partial charge in [-0.25, -0.2) is 0 Å². The molecule has 120 valence electrons. The molecule has 1 aliphatic rings. The number of carbonyl (C=O) groups excluding carboxylic acids is 1. The fraction of sp³-hybridized carbons (Fsp3) is 0.353. The zero-order chi connectivity index (χ0) is 16.2. The van der Waals surface area contributed by atoms with Crippen LogP contribution in [0.1, 0.15) is 12.0 Å². The molecule has 23 heavy (non-hydrogen) atoms. The van der Waals surface area contributed by atoms with Crippen LogP contribution in [0.3, 0.4) is 0 Å². The van der Waals surface area contributed by atoms with Gasteiger partial charge < -0.3 is 10.0 Å². The number of fused-ring (bicyclic) bond motifs is 1. The van der Waals surface area contributed by atoms with Crippen LogP contribution in [0.4, 0.5) is 0 Å². The van der Waals surface area contributed by atoms with E-state index in [4.69, 9.17) is 5.11 Å². The third-order valence-electron chi connectivity index (χ3n) is 4.02. The van der Waals surface area contributed by atoms with Crippen LogP contribution in [0, 0.1) is 0 Å². The molecule has 1 atom stereocenters. The number of para-hydroxylation sites is 1. The number of nitrogens with zero attached hydrogens (tertiary/aromatic N) is 2. The molecular formula is C17H18N2O3S. The van der Waals surface area contributed by atoms with Gasteiger partial charge in [0.15, 0.2) is 0 Å². The van der Waals surface area contributed by atoms with Gasteiger partial charge in [0.25, 0.3) is 0 Å². The second kappa shape index (κ2) is 7.00. The molecule has 1 amide bonds. The van der Waals surface area contributed by atoms with Crippen molar-refractivity contribution in [2.45, 2.75) is 18.9 Å². The summed E-state index contributed by atoms with van der Waals surface area (Å²) >= 11 is 1.71. The minimum atomic E-state index is -0.859. The molecule has 5 nitrogen and oxygen atoms in total. The van der Waals surface area contributed by atoms with E-state index in [2.05, 4.69) is 4.98 Å². The van der Waals surface area contributed by atoms with Crippen molar-refractivity contribution in [3.8, 4) is 0 Å². The molecular weight excluding hydrogens is 312 g/mol. The summed E-state index contributed by atoms with van der Waals surface area (Å²) in [7, 11) is 0. The van der Waals surface area contributed by atoms with Gasteiger partial charge in [0.05, 0.1) is 24.4 Å². The van der Waals surface area contributed by atoms with Gasteiger partial charge in [-0.1, -0.05) is 24.3 Å². The lowest BCUT2D eigenvalue weighted by Gasteiger charge is -2.34. The number of carboxylic acids is 1. The molecule has 3 rings (SSSR count). The largest absolute Gasteiger partial charge is 0.481 e. The van der Waals surface area contributed by atoms with E-state index in [1.807, 2.05) is 30.3 Å². The number of hydrogen-bond acceptors (Lipinski definition) is 4. The third kappa shape index (κ3) is 3.64. The number of benzene rings is 1. The lowest BCUT2D eigenvalue weighted by Crippen LogP contribution is -2.47. The highest BCUT2D eigenvalue weighted by molar-refractivity contribution is 7.99. The summed E-state index contributed by atoms with van der Waals surface area (Å²) in [6.45, 7) is 0.611. The SMILES string of the molecule is O=C(O)CC1CSCCN1C(=O)Cc1cccc2cccnc12. The first-order valence-corrected chi connectivity index (χ1v) is 8.72. The molecule has 0 spiro atoms. The van der Waals surface area contributed by atoms with Crippen LogP contribution in [0.15, 0.2) is 36.5 Å². The molecule has 0 bridgehead atoms. The molecule has 2 heterocycles. The lowest BCUT2D eigenvalue weighted by atomic mass is 10.1. The summed E-state index contributed by atoms with van der Waals surface area (Å²) in [5.74, 6) is 0.665. The summed E-state index contributed by atoms with van der Waals surface area (Å²) in [5.41, 5.74) is 1.73. The molecule has 1 N–H and O–H groups in total. The smallest absolute Gasteiger partial charge is 0.305 e. The Hall–Kier alpha value is -2.08. The van der Waals surface area contributed by atoms with E-state index in [0.717, 1.165) is 22.2 Å². The first-order valence-electron chi connectivity index (χ1n) is 7.57. The number of hydrogen-bond donors (Lipinski definition) is 1. The average Bonchev–Trinajstić information content (AvgIpc) is 2.55. The van der Waals surface area contributed by atoms with E-state index in [0.29, 0.717) is 12.3 Å². The van der Waals surface area contributed by atoms with E-state index in [-0.39, 0.29) is 24.8 Å². The number of aliphatic carboxylic acids is 1. The first kappa shape index (κ1) is 15.8. The Morgan fingerprint density at radius 3 is 2.96 bits per heavy atom.